The van der Waals surface area contributed by atoms with Crippen molar-refractivity contribution >= 4 is 45.9 Å². The molecule has 6 nitrogen and oxygen atoms in total. The van der Waals surface area contributed by atoms with E-state index in [1.165, 1.54) is 17.3 Å². The zero-order chi connectivity index (χ0) is 22.3. The van der Waals surface area contributed by atoms with Crippen LogP contribution in [-0.2, 0) is 10.2 Å². The van der Waals surface area contributed by atoms with Crippen LogP contribution >= 0.6 is 11.8 Å². The molecule has 1 fully saturated rings. The summed E-state index contributed by atoms with van der Waals surface area (Å²) >= 11 is 1.42. The van der Waals surface area contributed by atoms with Gasteiger partial charge in [-0.3, -0.25) is 4.79 Å². The number of Topliss-reactive ketones (excluding diaryl/α,β-unsaturated/α-hetero) is 1. The lowest BCUT2D eigenvalue weighted by Gasteiger charge is -2.23. The first-order valence-electron chi connectivity index (χ1n) is 10.3. The van der Waals surface area contributed by atoms with Gasteiger partial charge in [-0.15, -0.1) is 5.10 Å². The molecule has 0 aliphatic heterocycles. The first-order chi connectivity index (χ1) is 14.2. The Balaban J connectivity index is 0.000000558. The summed E-state index contributed by atoms with van der Waals surface area (Å²) in [6, 6.07) is 6.40. The summed E-state index contributed by atoms with van der Waals surface area (Å²) in [5, 5.41) is 13.0. The molecule has 1 aromatic carbocycles. The summed E-state index contributed by atoms with van der Waals surface area (Å²) in [6.45, 7) is 15.2. The number of nitrogens with zero attached hydrogens (tertiary/aromatic N) is 3. The number of thioether (sulfide) groups is 1. The van der Waals surface area contributed by atoms with Gasteiger partial charge in [0.05, 0.1) is 11.2 Å². The Labute approximate surface area is 183 Å². The molecule has 1 aliphatic rings. The van der Waals surface area contributed by atoms with Crippen LogP contribution in [0.25, 0.3) is 10.9 Å². The van der Waals surface area contributed by atoms with Gasteiger partial charge >= 0.3 is 0 Å². The fraction of sp³-hybridized carbons (Fsp3) is 0.478. The van der Waals surface area contributed by atoms with E-state index in [1.54, 1.807) is 0 Å². The summed E-state index contributed by atoms with van der Waals surface area (Å²) in [5.74, 6) is 0.850. The molecule has 30 heavy (non-hydrogen) atoms. The van der Waals surface area contributed by atoms with Gasteiger partial charge in [-0.25, -0.2) is 4.98 Å². The van der Waals surface area contributed by atoms with Crippen molar-refractivity contribution in [3.05, 3.63) is 35.0 Å². The summed E-state index contributed by atoms with van der Waals surface area (Å²) in [6.07, 6.45) is 2.83. The third-order valence-corrected chi connectivity index (χ3v) is 5.55. The second kappa shape index (κ2) is 10.7. The van der Waals surface area contributed by atoms with Crippen LogP contribution in [0.3, 0.4) is 0 Å². The zero-order valence-corrected chi connectivity index (χ0v) is 19.5. The maximum atomic E-state index is 9.90. The molecule has 3 rings (SSSR count). The van der Waals surface area contributed by atoms with E-state index in [0.717, 1.165) is 53.7 Å². The normalized spacial score (nSPS) is 14.1. The molecule has 3 N–H and O–H groups in total. The molecule has 0 spiro atoms. The van der Waals surface area contributed by atoms with Gasteiger partial charge in [0, 0.05) is 43.1 Å². The number of carbonyl (C=O) groups is 1. The standard InChI is InChI=1S/C19H27N5S.C4H6O/c1-7-22-13-9-14-12(2)8-16(18(24-21-6)25-11-20)23-17(14)15(10-13)19(3,4)5;5-4-2-1-3-4/h8-10,22H,6-7,11,20H2,1-5H3;1-3H2/b24-18-;. The van der Waals surface area contributed by atoms with Crippen molar-refractivity contribution < 1.29 is 4.79 Å². The zero-order valence-electron chi connectivity index (χ0n) is 18.7. The van der Waals surface area contributed by atoms with Crippen molar-refractivity contribution in [2.24, 2.45) is 15.9 Å². The Bertz CT molecular complexity index is 941. The molecule has 0 amide bonds. The number of ketones is 1. The third kappa shape index (κ3) is 6.12. The minimum Gasteiger partial charge on any atom is -0.385 e. The van der Waals surface area contributed by atoms with Gasteiger partial charge in [-0.2, -0.15) is 5.10 Å². The number of nitrogens with one attached hydrogen (secondary N) is 1. The highest BCUT2D eigenvalue weighted by atomic mass is 32.2. The van der Waals surface area contributed by atoms with E-state index >= 15 is 0 Å². The molecule has 0 atom stereocenters. The van der Waals surface area contributed by atoms with E-state index < -0.39 is 0 Å². The van der Waals surface area contributed by atoms with Gasteiger partial charge in [0.1, 0.15) is 10.8 Å². The molecule has 162 valence electrons. The molecule has 0 saturated heterocycles. The molecule has 1 aromatic heterocycles. The number of aromatic nitrogens is 1. The Morgan fingerprint density at radius 2 is 1.97 bits per heavy atom. The lowest BCUT2D eigenvalue weighted by molar-refractivity contribution is -0.123. The minimum absolute atomic E-state index is 0.0310. The second-order valence-corrected chi connectivity index (χ2v) is 9.28. The lowest BCUT2D eigenvalue weighted by Crippen LogP contribution is -2.15. The van der Waals surface area contributed by atoms with Crippen molar-refractivity contribution in [3.8, 4) is 0 Å². The average Bonchev–Trinajstić information content (AvgIpc) is 2.66. The van der Waals surface area contributed by atoms with Gasteiger partial charge in [-0.1, -0.05) is 32.5 Å². The first-order valence-corrected chi connectivity index (χ1v) is 11.3. The van der Waals surface area contributed by atoms with Crippen LogP contribution < -0.4 is 11.1 Å². The number of hydrogen-bond acceptors (Lipinski definition) is 7. The van der Waals surface area contributed by atoms with E-state index in [0.29, 0.717) is 16.7 Å². The smallest absolute Gasteiger partial charge is 0.146 e. The Kier molecular flexibility index (Phi) is 8.55. The van der Waals surface area contributed by atoms with Crippen LogP contribution in [0.4, 0.5) is 5.69 Å². The van der Waals surface area contributed by atoms with E-state index in [4.69, 9.17) is 10.7 Å². The van der Waals surface area contributed by atoms with Crippen molar-refractivity contribution in [3.63, 3.8) is 0 Å². The van der Waals surface area contributed by atoms with Crippen LogP contribution in [-0.4, -0.2) is 35.0 Å². The fourth-order valence-corrected chi connectivity index (χ4v) is 3.62. The van der Waals surface area contributed by atoms with E-state index in [1.807, 2.05) is 6.07 Å². The molecule has 1 aliphatic carbocycles. The largest absolute Gasteiger partial charge is 0.385 e. The van der Waals surface area contributed by atoms with Gasteiger partial charge in [-0.05, 0) is 55.0 Å². The topological polar surface area (TPSA) is 92.7 Å². The Hall–Kier alpha value is -2.25. The highest BCUT2D eigenvalue weighted by molar-refractivity contribution is 8.14. The molecular weight excluding hydrogens is 394 g/mol. The third-order valence-electron chi connectivity index (χ3n) is 4.82. The van der Waals surface area contributed by atoms with Crippen LogP contribution in [0.5, 0.6) is 0 Å². The van der Waals surface area contributed by atoms with Crippen molar-refractivity contribution in [2.75, 3.05) is 17.7 Å². The molecule has 1 heterocycles. The number of aryl methyl sites for hydroxylation is 1. The van der Waals surface area contributed by atoms with Crippen LogP contribution in [0.2, 0.25) is 0 Å². The quantitative estimate of drug-likeness (QED) is 0.302. The second-order valence-electron chi connectivity index (χ2n) is 8.27. The molecule has 0 radical (unpaired) electrons. The predicted octanol–water partition coefficient (Wildman–Crippen LogP) is 5.02. The molecule has 1 saturated carbocycles. The highest BCUT2D eigenvalue weighted by Gasteiger charge is 2.21. The highest BCUT2D eigenvalue weighted by Crippen LogP contribution is 2.34. The molecule has 7 heteroatoms. The van der Waals surface area contributed by atoms with Crippen LogP contribution in [0.15, 0.2) is 28.4 Å². The maximum Gasteiger partial charge on any atom is 0.146 e. The minimum atomic E-state index is -0.0310. The van der Waals surface area contributed by atoms with Crippen molar-refractivity contribution in [1.82, 2.24) is 4.98 Å². The number of nitrogens with two attached hydrogens (primary N) is 1. The summed E-state index contributed by atoms with van der Waals surface area (Å²) in [4.78, 5) is 14.8. The number of hydrogen-bond donors (Lipinski definition) is 2. The average molecular weight is 428 g/mol. The van der Waals surface area contributed by atoms with Crippen LogP contribution in [0, 0.1) is 6.92 Å². The van der Waals surface area contributed by atoms with E-state index in [2.05, 4.69) is 69.0 Å². The Morgan fingerprint density at radius 1 is 1.30 bits per heavy atom. The van der Waals surface area contributed by atoms with Crippen molar-refractivity contribution in [2.45, 2.75) is 59.3 Å². The molecule has 0 unspecified atom stereocenters. The van der Waals surface area contributed by atoms with E-state index in [-0.39, 0.29) is 5.41 Å². The van der Waals surface area contributed by atoms with Gasteiger partial charge < -0.3 is 11.1 Å². The van der Waals surface area contributed by atoms with Crippen LogP contribution in [0.1, 0.15) is 63.8 Å². The van der Waals surface area contributed by atoms with Crippen molar-refractivity contribution in [1.29, 1.82) is 0 Å². The number of anilines is 1. The van der Waals surface area contributed by atoms with E-state index in [9.17, 15) is 4.79 Å². The molecule has 2 aromatic rings. The lowest BCUT2D eigenvalue weighted by atomic mass is 9.84. The number of rotatable bonds is 5. The number of benzene rings is 1. The SMILES string of the molecule is C=N/N=C(\SCN)c1cc(C)c2cc(NCC)cc(C(C)(C)C)c2n1.O=C1CCC1. The monoisotopic (exact) mass is 427 g/mol. The summed E-state index contributed by atoms with van der Waals surface area (Å²) in [5.41, 5.74) is 10.9. The van der Waals surface area contributed by atoms with Gasteiger partial charge in [0.15, 0.2) is 0 Å². The van der Waals surface area contributed by atoms with Gasteiger partial charge in [0.25, 0.3) is 0 Å². The Morgan fingerprint density at radius 3 is 2.43 bits per heavy atom. The fourth-order valence-electron chi connectivity index (χ4n) is 3.10. The molecular formula is C23H33N5OS. The predicted molar refractivity (Wildman–Crippen MR) is 131 cm³/mol. The first kappa shape index (κ1) is 24.0. The number of fused-ring (bicyclic) bond motifs is 1. The maximum absolute atomic E-state index is 9.90. The summed E-state index contributed by atoms with van der Waals surface area (Å²) < 4.78 is 0. The van der Waals surface area contributed by atoms with Gasteiger partial charge in [0.2, 0.25) is 0 Å². The molecule has 0 bridgehead atoms. The summed E-state index contributed by atoms with van der Waals surface area (Å²) in [7, 11) is 0. The number of carbonyl (C=O) groups excluding carboxylic acids is 1. The number of pyridine rings is 1.